The number of tetrazole rings is 2. The predicted octanol–water partition coefficient (Wildman–Crippen LogP) is 7.31. The number of aromatic nitrogens is 8. The van der Waals surface area contributed by atoms with Crippen LogP contribution >= 0.6 is 15.9 Å². The van der Waals surface area contributed by atoms with Crippen LogP contribution in [-0.2, 0) is 40.6 Å². The number of hydrogen-bond donors (Lipinski definition) is 5. The van der Waals surface area contributed by atoms with Crippen LogP contribution in [0, 0.1) is 0 Å². The fourth-order valence-corrected chi connectivity index (χ4v) is 12.2. The Morgan fingerprint density at radius 3 is 1.19 bits per heavy atom. The van der Waals surface area contributed by atoms with Gasteiger partial charge in [-0.25, -0.2) is 9.59 Å². The van der Waals surface area contributed by atoms with Crippen LogP contribution in [0.3, 0.4) is 0 Å². The van der Waals surface area contributed by atoms with Crippen molar-refractivity contribution in [2.24, 2.45) is 0 Å². The van der Waals surface area contributed by atoms with Crippen LogP contribution in [-0.4, -0.2) is 151 Å². The Bertz CT molecular complexity index is 3480. The van der Waals surface area contributed by atoms with Gasteiger partial charge in [0.25, 0.3) is 5.91 Å². The molecule has 0 unspecified atom stereocenters. The van der Waals surface area contributed by atoms with Gasteiger partial charge in [0.1, 0.15) is 16.6 Å². The number of halogens is 1. The van der Waals surface area contributed by atoms with Crippen LogP contribution in [0.2, 0.25) is 0 Å². The van der Waals surface area contributed by atoms with Gasteiger partial charge in [0.2, 0.25) is 11.8 Å². The van der Waals surface area contributed by atoms with Gasteiger partial charge in [0, 0.05) is 93.3 Å². The molecule has 3 aliphatic heterocycles. The van der Waals surface area contributed by atoms with Gasteiger partial charge in [-0.15, -0.1) is 0 Å². The third-order valence-corrected chi connectivity index (χ3v) is 17.1. The van der Waals surface area contributed by atoms with Crippen LogP contribution < -0.4 is 52.7 Å². The van der Waals surface area contributed by atoms with Gasteiger partial charge in [-0.05, 0) is 172 Å². The fourth-order valence-electron chi connectivity index (χ4n) is 11.9. The summed E-state index contributed by atoms with van der Waals surface area (Å²) in [5.74, 6) is 0.206. The molecule has 3 amide bonds. The monoisotopic (exact) mass is 1290 g/mol. The lowest BCUT2D eigenvalue weighted by atomic mass is 9.83. The molecule has 11 rings (SSSR count). The number of nitrogens with zero attached hydrogens (tertiary/aromatic N) is 12. The lowest BCUT2D eigenvalue weighted by molar-refractivity contribution is -0.127. The second-order valence-electron chi connectivity index (χ2n) is 22.1. The Labute approximate surface area is 535 Å². The van der Waals surface area contributed by atoms with Crippen LogP contribution in [0.25, 0.3) is 0 Å². The number of aryl methyl sites for hydroxylation is 3. The van der Waals surface area contributed by atoms with Crippen molar-refractivity contribution in [3.8, 4) is 0 Å². The second-order valence-corrected chi connectivity index (χ2v) is 22.9. The molecule has 3 saturated heterocycles. The minimum Gasteiger partial charge on any atom is -0.371 e. The van der Waals surface area contributed by atoms with E-state index >= 15 is 0 Å². The number of amides is 3. The van der Waals surface area contributed by atoms with E-state index in [0.717, 1.165) is 104 Å². The number of likely N-dealkylation sites (tertiary alicyclic amines) is 1. The average Bonchev–Trinajstić information content (AvgIpc) is 0.994. The summed E-state index contributed by atoms with van der Waals surface area (Å²) >= 11 is 3.21. The van der Waals surface area contributed by atoms with Gasteiger partial charge in [0.15, 0.2) is 0 Å². The smallest absolute Gasteiger partial charge is 0.363 e. The molecule has 476 valence electrons. The minimum atomic E-state index is -0.712. The Morgan fingerprint density at radius 1 is 0.478 bits per heavy atom. The quantitative estimate of drug-likeness (QED) is 0.0500. The van der Waals surface area contributed by atoms with Gasteiger partial charge < -0.3 is 46.2 Å². The zero-order valence-electron chi connectivity index (χ0n) is 52.3. The first-order valence-corrected chi connectivity index (χ1v) is 32.1. The van der Waals surface area contributed by atoms with Gasteiger partial charge >= 0.3 is 11.4 Å². The summed E-state index contributed by atoms with van der Waals surface area (Å²) in [5, 5.41) is 31.9. The number of carbonyl (C=O) groups is 3. The molecule has 0 aliphatic carbocycles. The Hall–Kier alpha value is -8.77. The number of hydrogen-bond acceptors (Lipinski definition) is 15. The van der Waals surface area contributed by atoms with Crippen LogP contribution in [0.5, 0.6) is 0 Å². The van der Waals surface area contributed by atoms with E-state index in [2.05, 4.69) is 102 Å². The highest BCUT2D eigenvalue weighted by Gasteiger charge is 2.48. The molecule has 0 spiro atoms. The molecule has 90 heavy (non-hydrogen) atoms. The van der Waals surface area contributed by atoms with Crippen molar-refractivity contribution < 1.29 is 14.4 Å². The lowest BCUT2D eigenvalue weighted by Gasteiger charge is -2.48. The standard InChI is InChI=1S/C24H31N7O2.2C19H23N3O.C5H9BrN4O/c1-3-29-23(33)30(27-26-29)19-18-28-16-14-24(15-17-28,22(32)25-2)31(20-10-6-4-7-11-20)21-12-8-5-9-13-21;1-22(17-10-6-3-7-11-17)18(23)19(12-14-20-15-13-19)21-16-8-4-2-5-9-16;1-20-18(23)19(12-14-21-15-13-19)22(16-8-4-2-5-9-16)17-10-6-3-7-11-17;1-2-9-5(11)10(4-3-6)8-7-9/h4-13H,3,14-19H2,1-2H3,(H,25,32);2-11,20-21H,12-15H2,1H3;2-11,21H,12-15H2,1H3,(H,20,23);2-4H2,1H3. The van der Waals surface area contributed by atoms with Gasteiger partial charge in [-0.3, -0.25) is 14.4 Å². The molecule has 5 heterocycles. The number of alkyl halides is 1. The van der Waals surface area contributed by atoms with Crippen LogP contribution in [0.1, 0.15) is 52.4 Å². The van der Waals surface area contributed by atoms with Gasteiger partial charge in [-0.2, -0.15) is 18.7 Å². The molecule has 23 heteroatoms. The Morgan fingerprint density at radius 2 is 0.822 bits per heavy atom. The third kappa shape index (κ3) is 16.3. The molecular formula is C67H86BrN17O5. The highest BCUT2D eigenvalue weighted by Crippen LogP contribution is 2.41. The zero-order chi connectivity index (χ0) is 63.8. The van der Waals surface area contributed by atoms with E-state index in [1.54, 1.807) is 19.0 Å². The maximum absolute atomic E-state index is 13.4. The SMILES string of the molecule is CCn1nnn(CCBr)c1=O.CCn1nnn(CCN2CCC(C(=O)NC)(N(c3ccccc3)c3ccccc3)CC2)c1=O.CN(C(=O)C1(Nc2ccccc2)CCNCC1)c1ccccc1.CNC(=O)C1(N(c2ccccc2)c2ccccc2)CCNCC1. The third-order valence-electron chi connectivity index (χ3n) is 16.7. The van der Waals surface area contributed by atoms with E-state index in [1.807, 2.05) is 179 Å². The first-order valence-electron chi connectivity index (χ1n) is 31.0. The molecule has 2 aromatic heterocycles. The highest BCUT2D eigenvalue weighted by molar-refractivity contribution is 9.09. The first kappa shape index (κ1) is 67.2. The Kier molecular flexibility index (Phi) is 24.8. The summed E-state index contributed by atoms with van der Waals surface area (Å²) in [6.07, 6.45) is 4.42. The highest BCUT2D eigenvalue weighted by atomic mass is 79.9. The molecule has 0 saturated carbocycles. The largest absolute Gasteiger partial charge is 0.371 e. The maximum Gasteiger partial charge on any atom is 0.363 e. The van der Waals surface area contributed by atoms with Crippen molar-refractivity contribution in [1.82, 2.24) is 65.7 Å². The van der Waals surface area contributed by atoms with E-state index in [-0.39, 0.29) is 29.1 Å². The summed E-state index contributed by atoms with van der Waals surface area (Å²) in [7, 11) is 5.28. The fraction of sp³-hybridized carbons (Fsp3) is 0.388. The first-order chi connectivity index (χ1) is 43.9. The van der Waals surface area contributed by atoms with Gasteiger partial charge in [0.05, 0.1) is 13.1 Å². The minimum absolute atomic E-state index is 0.0111. The van der Waals surface area contributed by atoms with E-state index < -0.39 is 16.6 Å². The van der Waals surface area contributed by atoms with E-state index in [9.17, 15) is 24.0 Å². The number of likely N-dealkylation sites (N-methyl/N-ethyl adjacent to an activating group) is 3. The summed E-state index contributed by atoms with van der Waals surface area (Å²) in [6.45, 7) is 11.4. The number of carbonyl (C=O) groups excluding carboxylic acids is 3. The van der Waals surface area contributed by atoms with E-state index in [4.69, 9.17) is 0 Å². The molecule has 6 aromatic carbocycles. The second kappa shape index (κ2) is 33.2. The zero-order valence-corrected chi connectivity index (χ0v) is 53.9. The summed E-state index contributed by atoms with van der Waals surface area (Å²) in [6, 6.07) is 60.3. The van der Waals surface area contributed by atoms with Crippen molar-refractivity contribution in [3.63, 3.8) is 0 Å². The molecular weight excluding hydrogens is 1200 g/mol. The summed E-state index contributed by atoms with van der Waals surface area (Å²) in [4.78, 5) is 71.4. The Balaban J connectivity index is 0.000000164. The van der Waals surface area contributed by atoms with Crippen molar-refractivity contribution in [3.05, 3.63) is 203 Å². The molecule has 0 bridgehead atoms. The molecule has 0 radical (unpaired) electrons. The summed E-state index contributed by atoms with van der Waals surface area (Å²) < 4.78 is 5.41. The van der Waals surface area contributed by atoms with Crippen molar-refractivity contribution in [2.75, 3.05) is 92.3 Å². The predicted molar refractivity (Wildman–Crippen MR) is 360 cm³/mol. The van der Waals surface area contributed by atoms with E-state index in [0.29, 0.717) is 45.6 Å². The molecule has 8 aromatic rings. The maximum atomic E-state index is 13.4. The lowest BCUT2D eigenvalue weighted by Crippen LogP contribution is -2.62. The molecule has 3 aliphatic rings. The number of nitrogens with one attached hydrogen (secondary N) is 5. The molecule has 0 atom stereocenters. The van der Waals surface area contributed by atoms with E-state index in [1.165, 1.54) is 18.7 Å². The van der Waals surface area contributed by atoms with Crippen LogP contribution in [0.4, 0.5) is 34.1 Å². The van der Waals surface area contributed by atoms with Crippen molar-refractivity contribution in [1.29, 1.82) is 0 Å². The number of rotatable bonds is 19. The molecule has 3 fully saturated rings. The summed E-state index contributed by atoms with van der Waals surface area (Å²) in [5.41, 5.74) is 3.81. The molecule has 5 N–H and O–H groups in total. The van der Waals surface area contributed by atoms with Crippen LogP contribution in [0.15, 0.2) is 192 Å². The normalized spacial score (nSPS) is 15.5. The average molecular weight is 1290 g/mol. The van der Waals surface area contributed by atoms with Gasteiger partial charge in [-0.1, -0.05) is 125 Å². The number of anilines is 6. The number of piperidine rings is 3. The molecule has 22 nitrogen and oxygen atoms in total. The topological polar surface area (TPSA) is 230 Å². The van der Waals surface area contributed by atoms with Crippen molar-refractivity contribution in [2.45, 2.75) is 95.2 Å². The number of benzene rings is 6. The van der Waals surface area contributed by atoms with Crippen molar-refractivity contribution >= 4 is 67.8 Å². The number of para-hydroxylation sites is 6.